The Balaban J connectivity index is 2.23. The number of allylic oxidation sites excluding steroid dienone is 2. The summed E-state index contributed by atoms with van der Waals surface area (Å²) in [5, 5.41) is 0. The lowest BCUT2D eigenvalue weighted by molar-refractivity contribution is -0.141. The molecule has 4 nitrogen and oxygen atoms in total. The minimum atomic E-state index is -0.555. The molecule has 0 saturated heterocycles. The molecule has 18 heavy (non-hydrogen) atoms. The Hall–Kier alpha value is -1.45. The molecule has 1 fully saturated rings. The molecule has 0 radical (unpaired) electrons. The monoisotopic (exact) mass is 250 g/mol. The van der Waals surface area contributed by atoms with Crippen LogP contribution in [0.25, 0.3) is 0 Å². The zero-order valence-electron chi connectivity index (χ0n) is 10.7. The maximum absolute atomic E-state index is 12.3. The quantitative estimate of drug-likeness (QED) is 0.718. The van der Waals surface area contributed by atoms with Crippen LogP contribution in [-0.2, 0) is 19.1 Å². The second-order valence-corrected chi connectivity index (χ2v) is 5.07. The number of fused-ring (bicyclic) bond motifs is 1. The number of Topliss-reactive ketones (excluding diaryl/α,β-unsaturated/α-hetero) is 1. The number of methoxy groups -OCH3 is 1. The maximum atomic E-state index is 12.3. The molecule has 0 unspecified atom stereocenters. The fourth-order valence-electron chi connectivity index (χ4n) is 3.05. The van der Waals surface area contributed by atoms with E-state index in [1.54, 1.807) is 6.08 Å². The van der Waals surface area contributed by atoms with E-state index in [0.717, 1.165) is 18.4 Å². The highest BCUT2D eigenvalue weighted by molar-refractivity contribution is 5.98. The first-order valence-corrected chi connectivity index (χ1v) is 6.42. The van der Waals surface area contributed by atoms with Crippen LogP contribution in [0.1, 0.15) is 44.9 Å². The van der Waals surface area contributed by atoms with Crippen molar-refractivity contribution in [2.75, 3.05) is 7.11 Å². The molecule has 0 amide bonds. The van der Waals surface area contributed by atoms with Gasteiger partial charge in [0.1, 0.15) is 5.78 Å². The second kappa shape index (κ2) is 5.04. The number of hydrogen-bond acceptors (Lipinski definition) is 4. The van der Waals surface area contributed by atoms with E-state index in [9.17, 15) is 14.4 Å². The van der Waals surface area contributed by atoms with Gasteiger partial charge < -0.3 is 4.74 Å². The molecule has 1 atom stereocenters. The minimum absolute atomic E-state index is 0.105. The zero-order valence-corrected chi connectivity index (χ0v) is 10.7. The summed E-state index contributed by atoms with van der Waals surface area (Å²) in [6.45, 7) is 0. The van der Waals surface area contributed by atoms with E-state index in [1.165, 1.54) is 7.11 Å². The van der Waals surface area contributed by atoms with E-state index in [0.29, 0.717) is 25.7 Å². The molecule has 0 spiro atoms. The molecule has 0 aromatic carbocycles. The summed E-state index contributed by atoms with van der Waals surface area (Å²) in [6, 6.07) is 0. The van der Waals surface area contributed by atoms with Gasteiger partial charge in [0.2, 0.25) is 0 Å². The predicted molar refractivity (Wildman–Crippen MR) is 64.9 cm³/mol. The molecular formula is C14H18O4. The smallest absolute Gasteiger partial charge is 0.305 e. The first kappa shape index (κ1) is 13.0. The lowest BCUT2D eigenvalue weighted by Gasteiger charge is -2.40. The van der Waals surface area contributed by atoms with E-state index in [2.05, 4.69) is 4.74 Å². The Morgan fingerprint density at radius 1 is 1.33 bits per heavy atom. The summed E-state index contributed by atoms with van der Waals surface area (Å²) in [5.74, 6) is 0.00351. The fourth-order valence-corrected chi connectivity index (χ4v) is 3.05. The lowest BCUT2D eigenvalue weighted by atomic mass is 9.62. The molecule has 2 aliphatic rings. The van der Waals surface area contributed by atoms with Gasteiger partial charge in [-0.1, -0.05) is 5.57 Å². The highest BCUT2D eigenvalue weighted by atomic mass is 16.5. The van der Waals surface area contributed by atoms with E-state index in [1.807, 2.05) is 0 Å². The number of ketones is 2. The summed E-state index contributed by atoms with van der Waals surface area (Å²) in [7, 11) is 1.35. The van der Waals surface area contributed by atoms with Gasteiger partial charge in [0, 0.05) is 19.3 Å². The van der Waals surface area contributed by atoms with Crippen molar-refractivity contribution < 1.29 is 19.1 Å². The molecule has 0 bridgehead atoms. The molecule has 4 heteroatoms. The summed E-state index contributed by atoms with van der Waals surface area (Å²) in [4.78, 5) is 35.0. The lowest BCUT2D eigenvalue weighted by Crippen LogP contribution is -2.40. The molecule has 0 aromatic rings. The van der Waals surface area contributed by atoms with Gasteiger partial charge in [0.15, 0.2) is 5.78 Å². The number of carbonyl (C=O) groups is 3. The van der Waals surface area contributed by atoms with E-state index >= 15 is 0 Å². The van der Waals surface area contributed by atoms with Gasteiger partial charge in [-0.3, -0.25) is 14.4 Å². The normalized spacial score (nSPS) is 27.5. The molecule has 1 saturated carbocycles. The number of hydrogen-bond donors (Lipinski definition) is 0. The first-order valence-electron chi connectivity index (χ1n) is 6.42. The Morgan fingerprint density at radius 2 is 2.11 bits per heavy atom. The van der Waals surface area contributed by atoms with Crippen LogP contribution in [0.3, 0.4) is 0 Å². The largest absolute Gasteiger partial charge is 0.469 e. The number of rotatable bonds is 3. The average Bonchev–Trinajstić information content (AvgIpc) is 2.37. The third-order valence-corrected chi connectivity index (χ3v) is 4.12. The fraction of sp³-hybridized carbons (Fsp3) is 0.643. The van der Waals surface area contributed by atoms with Gasteiger partial charge in [-0.2, -0.15) is 0 Å². The molecule has 2 aliphatic carbocycles. The zero-order chi connectivity index (χ0) is 13.2. The topological polar surface area (TPSA) is 60.4 Å². The van der Waals surface area contributed by atoms with Crippen LogP contribution in [-0.4, -0.2) is 24.6 Å². The van der Waals surface area contributed by atoms with Gasteiger partial charge in [-0.25, -0.2) is 0 Å². The van der Waals surface area contributed by atoms with Crippen LogP contribution < -0.4 is 0 Å². The summed E-state index contributed by atoms with van der Waals surface area (Å²) in [6.07, 6.45) is 5.52. The second-order valence-electron chi connectivity index (χ2n) is 5.07. The molecule has 0 N–H and O–H groups in total. The van der Waals surface area contributed by atoms with E-state index < -0.39 is 5.41 Å². The van der Waals surface area contributed by atoms with E-state index in [4.69, 9.17) is 0 Å². The number of esters is 1. The van der Waals surface area contributed by atoms with Crippen LogP contribution in [0.5, 0.6) is 0 Å². The number of ether oxygens (including phenoxy) is 1. The van der Waals surface area contributed by atoms with E-state index in [-0.39, 0.29) is 24.0 Å². The van der Waals surface area contributed by atoms with Crippen molar-refractivity contribution in [3.05, 3.63) is 11.6 Å². The third-order valence-electron chi connectivity index (χ3n) is 4.12. The maximum Gasteiger partial charge on any atom is 0.305 e. The van der Waals surface area contributed by atoms with Crippen LogP contribution in [0.15, 0.2) is 11.6 Å². The van der Waals surface area contributed by atoms with Crippen molar-refractivity contribution in [1.29, 1.82) is 0 Å². The Bertz CT molecular complexity index is 422. The Morgan fingerprint density at radius 3 is 2.83 bits per heavy atom. The number of carbonyl (C=O) groups excluding carboxylic acids is 3. The predicted octanol–water partition coefficient (Wildman–Crippen LogP) is 1.97. The van der Waals surface area contributed by atoms with Gasteiger partial charge in [0.25, 0.3) is 0 Å². The van der Waals surface area contributed by atoms with Crippen molar-refractivity contribution in [2.45, 2.75) is 44.9 Å². The van der Waals surface area contributed by atoms with Crippen LogP contribution in [0, 0.1) is 5.41 Å². The standard InChI is InChI=1S/C14H18O4/c1-18-13(17)6-8-14-7-5-11(15)9-10(14)3-2-4-12(14)16/h9H,2-8H2,1H3/t14-/m1/s1. The van der Waals surface area contributed by atoms with Gasteiger partial charge in [0.05, 0.1) is 12.5 Å². The Labute approximate surface area is 106 Å². The molecule has 0 aromatic heterocycles. The SMILES string of the molecule is COC(=O)CC[C@]12CCC(=O)C=C1CCCC2=O. The molecule has 0 aliphatic heterocycles. The van der Waals surface area contributed by atoms with Gasteiger partial charge in [-0.15, -0.1) is 0 Å². The molecular weight excluding hydrogens is 232 g/mol. The van der Waals surface area contributed by atoms with Crippen molar-refractivity contribution in [3.63, 3.8) is 0 Å². The summed E-state index contributed by atoms with van der Waals surface area (Å²) < 4.78 is 4.64. The van der Waals surface area contributed by atoms with Gasteiger partial charge in [-0.05, 0) is 31.8 Å². The van der Waals surface area contributed by atoms with Crippen LogP contribution >= 0.6 is 0 Å². The highest BCUT2D eigenvalue weighted by Crippen LogP contribution is 2.47. The molecule has 0 heterocycles. The molecule has 2 rings (SSSR count). The minimum Gasteiger partial charge on any atom is -0.469 e. The average molecular weight is 250 g/mol. The first-order chi connectivity index (χ1) is 8.58. The highest BCUT2D eigenvalue weighted by Gasteiger charge is 2.45. The third kappa shape index (κ3) is 2.24. The van der Waals surface area contributed by atoms with Crippen molar-refractivity contribution in [2.24, 2.45) is 5.41 Å². The van der Waals surface area contributed by atoms with Crippen LogP contribution in [0.4, 0.5) is 0 Å². The van der Waals surface area contributed by atoms with Gasteiger partial charge >= 0.3 is 5.97 Å². The van der Waals surface area contributed by atoms with Crippen molar-refractivity contribution in [3.8, 4) is 0 Å². The van der Waals surface area contributed by atoms with Crippen molar-refractivity contribution >= 4 is 17.5 Å². The van der Waals surface area contributed by atoms with Crippen LogP contribution in [0.2, 0.25) is 0 Å². The summed E-state index contributed by atoms with van der Waals surface area (Å²) in [5.41, 5.74) is 0.388. The van der Waals surface area contributed by atoms with Crippen molar-refractivity contribution in [1.82, 2.24) is 0 Å². The molecule has 98 valence electrons. The Kier molecular flexibility index (Phi) is 3.64. The summed E-state index contributed by atoms with van der Waals surface area (Å²) >= 11 is 0.